The van der Waals surface area contributed by atoms with Crippen LogP contribution in [0, 0.1) is 11.3 Å². The minimum Gasteiger partial charge on any atom is -0.444 e. The van der Waals surface area contributed by atoms with Gasteiger partial charge in [-0.1, -0.05) is 74.5 Å². The topological polar surface area (TPSA) is 205 Å². The van der Waals surface area contributed by atoms with Crippen LogP contribution in [0.2, 0.25) is 0 Å². The van der Waals surface area contributed by atoms with Crippen LogP contribution >= 0.6 is 0 Å². The lowest BCUT2D eigenvalue weighted by Crippen LogP contribution is -2.63. The number of likely N-dealkylation sites (tertiary alicyclic amines) is 2. The smallest absolute Gasteiger partial charge is 0.408 e. The summed E-state index contributed by atoms with van der Waals surface area (Å²) < 4.78 is 45.5. The van der Waals surface area contributed by atoms with Crippen LogP contribution in [0.4, 0.5) is 9.59 Å². The van der Waals surface area contributed by atoms with E-state index in [1.54, 1.807) is 90.1 Å². The SMILES string of the molecule is [2H]C1([2H])N(C(C)=O)C([2H])([2H])C12CCN(C(=O)C(CCCCNC(=O)OC(C)(C)C)NC(=O)C(CC(C)C)NC(=O)C(Cc1ccccc1)NC(=O)C(Cc1ccccc1)NC(=O)OC(C)(C)C)CC2. The highest BCUT2D eigenvalue weighted by Gasteiger charge is 2.47. The number of amides is 7. The van der Waals surface area contributed by atoms with Crippen molar-refractivity contribution in [1.82, 2.24) is 36.4 Å². The summed E-state index contributed by atoms with van der Waals surface area (Å²) in [5.74, 6) is -3.39. The van der Waals surface area contributed by atoms with Crippen molar-refractivity contribution >= 4 is 41.7 Å². The molecule has 16 heteroatoms. The highest BCUT2D eigenvalue weighted by atomic mass is 16.6. The van der Waals surface area contributed by atoms with E-state index in [4.69, 9.17) is 15.0 Å². The molecule has 2 aliphatic heterocycles. The van der Waals surface area contributed by atoms with Gasteiger partial charge in [-0.05, 0) is 97.1 Å². The first-order valence-electron chi connectivity index (χ1n) is 24.6. The lowest BCUT2D eigenvalue weighted by molar-refractivity contribution is -0.149. The van der Waals surface area contributed by atoms with Gasteiger partial charge in [0.2, 0.25) is 29.5 Å². The van der Waals surface area contributed by atoms with E-state index in [2.05, 4.69) is 26.6 Å². The summed E-state index contributed by atoms with van der Waals surface area (Å²) in [6.45, 7) is 10.7. The quantitative estimate of drug-likeness (QED) is 0.120. The molecule has 7 amide bonds. The minimum atomic E-state index is -2.29. The first-order chi connectivity index (χ1) is 32.1. The molecule has 2 saturated heterocycles. The number of alkyl carbamates (subject to hydrolysis) is 2. The summed E-state index contributed by atoms with van der Waals surface area (Å²) in [7, 11) is 0. The molecule has 2 fully saturated rings. The van der Waals surface area contributed by atoms with Crippen LogP contribution in [0.15, 0.2) is 60.7 Å². The molecule has 4 atom stereocenters. The monoisotopic (exact) mass is 908 g/mol. The zero-order chi connectivity index (χ0) is 51.5. The van der Waals surface area contributed by atoms with Gasteiger partial charge in [0, 0.05) is 57.8 Å². The van der Waals surface area contributed by atoms with Gasteiger partial charge in [0.05, 0.1) is 5.48 Å². The zero-order valence-electron chi connectivity index (χ0n) is 43.5. The van der Waals surface area contributed by atoms with Crippen LogP contribution in [-0.2, 0) is 46.3 Å². The van der Waals surface area contributed by atoms with Gasteiger partial charge in [-0.15, -0.1) is 0 Å². The van der Waals surface area contributed by atoms with E-state index >= 15 is 0 Å². The Morgan fingerprint density at radius 1 is 0.646 bits per heavy atom. The number of hydrogen-bond acceptors (Lipinski definition) is 9. The summed E-state index contributed by atoms with van der Waals surface area (Å²) in [5.41, 5.74) is -1.68. The molecule has 4 unspecified atom stereocenters. The van der Waals surface area contributed by atoms with Crippen molar-refractivity contribution in [1.29, 1.82) is 0 Å². The first-order valence-corrected chi connectivity index (χ1v) is 22.6. The summed E-state index contributed by atoms with van der Waals surface area (Å²) >= 11 is 0. The molecule has 65 heavy (non-hydrogen) atoms. The Hall–Kier alpha value is -5.67. The number of nitrogens with zero attached hydrogens (tertiary/aromatic N) is 2. The Bertz CT molecular complexity index is 2090. The Morgan fingerprint density at radius 2 is 1.11 bits per heavy atom. The molecule has 2 aromatic carbocycles. The zero-order valence-corrected chi connectivity index (χ0v) is 39.5. The van der Waals surface area contributed by atoms with Crippen molar-refractivity contribution in [2.45, 2.75) is 149 Å². The molecule has 0 bridgehead atoms. The fourth-order valence-corrected chi connectivity index (χ4v) is 7.46. The third-order valence-electron chi connectivity index (χ3n) is 10.6. The molecule has 0 aliphatic carbocycles. The van der Waals surface area contributed by atoms with Gasteiger partial charge in [-0.2, -0.15) is 0 Å². The molecule has 0 radical (unpaired) electrons. The Morgan fingerprint density at radius 3 is 1.60 bits per heavy atom. The number of ether oxygens (including phenoxy) is 2. The average Bonchev–Trinajstić information content (AvgIpc) is 3.23. The standard InChI is InChI=1S/C49H73N7O9/c1-33(2)28-38(41(58)51-37(22-16-17-25-50-45(62)64-47(4,5)6)44(61)55-26-23-49(24-27-55)31-56(32-49)34(3)57)52-42(59)39(29-35-18-12-10-13-19-35)53-43(60)40(30-36-20-14-11-15-21-36)54-46(63)65-48(7,8)9/h10-15,18-21,33,37-40H,16-17,22-32H2,1-9H3,(H,50,62)(H,51,58)(H,52,59)(H,53,60)(H,54,63)/i31D2,32D2. The van der Waals surface area contributed by atoms with Crippen LogP contribution in [0.1, 0.15) is 117 Å². The molecule has 2 aromatic rings. The van der Waals surface area contributed by atoms with Crippen molar-refractivity contribution in [2.75, 3.05) is 32.6 Å². The second-order valence-electron chi connectivity index (χ2n) is 19.3. The van der Waals surface area contributed by atoms with E-state index in [1.807, 2.05) is 26.0 Å². The van der Waals surface area contributed by atoms with Gasteiger partial charge in [0.25, 0.3) is 0 Å². The number of nitrogens with one attached hydrogen (secondary N) is 5. The van der Waals surface area contributed by atoms with Gasteiger partial charge < -0.3 is 45.9 Å². The predicted molar refractivity (Wildman–Crippen MR) is 247 cm³/mol. The molecule has 358 valence electrons. The molecular weight excluding hydrogens is 831 g/mol. The molecule has 16 nitrogen and oxygen atoms in total. The first kappa shape index (κ1) is 45.9. The van der Waals surface area contributed by atoms with E-state index in [-0.39, 0.29) is 64.1 Å². The highest BCUT2D eigenvalue weighted by Crippen LogP contribution is 2.40. The molecule has 2 heterocycles. The second-order valence-corrected chi connectivity index (χ2v) is 19.3. The second kappa shape index (κ2) is 23.5. The molecule has 0 saturated carbocycles. The molecule has 2 aliphatic rings. The van der Waals surface area contributed by atoms with Crippen molar-refractivity contribution in [2.24, 2.45) is 11.3 Å². The maximum Gasteiger partial charge on any atom is 0.408 e. The van der Waals surface area contributed by atoms with Crippen molar-refractivity contribution < 1.29 is 48.5 Å². The van der Waals surface area contributed by atoms with Crippen LogP contribution in [0.25, 0.3) is 0 Å². The molecule has 4 rings (SSSR count). The molecule has 0 aromatic heterocycles. The Labute approximate surface area is 390 Å². The number of carbonyl (C=O) groups excluding carboxylic acids is 7. The number of unbranched alkanes of at least 4 members (excludes halogenated alkanes) is 1. The average molecular weight is 908 g/mol. The van der Waals surface area contributed by atoms with Crippen LogP contribution in [0.3, 0.4) is 0 Å². The lowest BCUT2D eigenvalue weighted by Gasteiger charge is -2.54. The van der Waals surface area contributed by atoms with Crippen LogP contribution in [0.5, 0.6) is 0 Å². The molecule has 5 N–H and O–H groups in total. The maximum absolute atomic E-state index is 14.5. The van der Waals surface area contributed by atoms with Gasteiger partial charge in [0.15, 0.2) is 0 Å². The summed E-state index contributed by atoms with van der Waals surface area (Å²) in [4.78, 5) is 97.1. The molecule has 1 spiro atoms. The lowest BCUT2D eigenvalue weighted by atomic mass is 9.72. The summed E-state index contributed by atoms with van der Waals surface area (Å²) in [6, 6.07) is 13.3. The number of rotatable bonds is 19. The third kappa shape index (κ3) is 17.7. The number of piperidine rings is 1. The van der Waals surface area contributed by atoms with Crippen molar-refractivity contribution in [3.63, 3.8) is 0 Å². The fraction of sp³-hybridized carbons (Fsp3) is 0.612. The summed E-state index contributed by atoms with van der Waals surface area (Å²) in [6.07, 6.45) is -0.473. The Balaban J connectivity index is 1.57. The fourth-order valence-electron chi connectivity index (χ4n) is 7.46. The summed E-state index contributed by atoms with van der Waals surface area (Å²) in [5, 5.41) is 13.9. The van der Waals surface area contributed by atoms with Gasteiger partial charge in [-0.3, -0.25) is 24.0 Å². The van der Waals surface area contributed by atoms with Gasteiger partial charge in [-0.25, -0.2) is 9.59 Å². The third-order valence-corrected chi connectivity index (χ3v) is 10.6. The number of benzene rings is 2. The Kier molecular flexibility index (Phi) is 16.6. The number of carbonyl (C=O) groups is 7. The highest BCUT2D eigenvalue weighted by molar-refractivity contribution is 5.95. The minimum absolute atomic E-state index is 0.0217. The van der Waals surface area contributed by atoms with E-state index in [0.29, 0.717) is 23.3 Å². The van der Waals surface area contributed by atoms with Gasteiger partial charge >= 0.3 is 12.2 Å². The predicted octanol–water partition coefficient (Wildman–Crippen LogP) is 5.03. The van der Waals surface area contributed by atoms with Crippen molar-refractivity contribution in [3.8, 4) is 0 Å². The maximum atomic E-state index is 14.5. The van der Waals surface area contributed by atoms with E-state index < -0.39 is 95.5 Å². The van der Waals surface area contributed by atoms with E-state index in [1.165, 1.54) is 4.90 Å². The van der Waals surface area contributed by atoms with Crippen molar-refractivity contribution in [3.05, 3.63) is 71.8 Å². The number of hydrogen-bond donors (Lipinski definition) is 5. The normalized spacial score (nSPS) is 19.0. The van der Waals surface area contributed by atoms with Crippen LogP contribution < -0.4 is 26.6 Å². The van der Waals surface area contributed by atoms with E-state index in [9.17, 15) is 33.6 Å². The largest absolute Gasteiger partial charge is 0.444 e. The molecular formula is C49H73N7O9. The van der Waals surface area contributed by atoms with Crippen LogP contribution in [-0.4, -0.2) is 120 Å². The van der Waals surface area contributed by atoms with E-state index in [0.717, 1.165) is 12.5 Å². The van der Waals surface area contributed by atoms with Gasteiger partial charge in [0.1, 0.15) is 35.4 Å².